The summed E-state index contributed by atoms with van der Waals surface area (Å²) in [7, 11) is 0.0914. The number of aryl methyl sites for hydroxylation is 1. The lowest BCUT2D eigenvalue weighted by atomic mass is 9.97. The summed E-state index contributed by atoms with van der Waals surface area (Å²) in [5.41, 5.74) is 1.40. The van der Waals surface area contributed by atoms with Crippen molar-refractivity contribution in [1.29, 1.82) is 0 Å². The Balaban J connectivity index is 1.58. The van der Waals surface area contributed by atoms with Crippen LogP contribution in [0.4, 0.5) is 5.69 Å². The average molecular weight is 489 g/mol. The van der Waals surface area contributed by atoms with Crippen LogP contribution in [-0.4, -0.2) is 68.2 Å². The third-order valence-electron chi connectivity index (χ3n) is 6.38. The molecule has 1 atom stereocenters. The van der Waals surface area contributed by atoms with E-state index in [4.69, 9.17) is 0 Å². The number of hydrogen-bond acceptors (Lipinski definition) is 6. The Morgan fingerprint density at radius 3 is 2.41 bits per heavy atom. The number of sulfonamides is 1. The van der Waals surface area contributed by atoms with E-state index in [0.717, 1.165) is 12.5 Å². The zero-order chi connectivity index (χ0) is 24.9. The standard InChI is InChI=1S/C24H32N4O5S/c1-18-9-10-21(28(30)31)16-23(18)34(32,33)27-13-11-20(12-14-27)24(29)25-17-22(26(2)3)15-19-7-5-4-6-8-19/h4-10,16,20,22H,11-15,17H2,1-3H3,(H,25,29). The molecule has 34 heavy (non-hydrogen) atoms. The maximum absolute atomic E-state index is 13.1. The van der Waals surface area contributed by atoms with E-state index in [9.17, 15) is 23.3 Å². The van der Waals surface area contributed by atoms with Crippen molar-refractivity contribution >= 4 is 21.6 Å². The van der Waals surface area contributed by atoms with Crippen LogP contribution < -0.4 is 5.32 Å². The largest absolute Gasteiger partial charge is 0.354 e. The Bertz CT molecular complexity index is 1110. The Morgan fingerprint density at radius 2 is 1.82 bits per heavy atom. The number of non-ortho nitro benzene ring substituents is 1. The molecule has 0 radical (unpaired) electrons. The summed E-state index contributed by atoms with van der Waals surface area (Å²) in [4.78, 5) is 25.3. The second-order valence-corrected chi connectivity index (χ2v) is 10.8. The molecule has 2 aromatic rings. The summed E-state index contributed by atoms with van der Waals surface area (Å²) < 4.78 is 27.6. The number of rotatable bonds is 9. The van der Waals surface area contributed by atoms with Crippen LogP contribution in [0.1, 0.15) is 24.0 Å². The normalized spacial score (nSPS) is 16.4. The number of nitrogens with one attached hydrogen (secondary N) is 1. The number of amides is 1. The van der Waals surface area contributed by atoms with E-state index in [0.29, 0.717) is 24.9 Å². The molecule has 9 nitrogen and oxygen atoms in total. The molecule has 0 spiro atoms. The van der Waals surface area contributed by atoms with Crippen molar-refractivity contribution < 1.29 is 18.1 Å². The predicted molar refractivity (Wildman–Crippen MR) is 130 cm³/mol. The van der Waals surface area contributed by atoms with Crippen LogP contribution in [0.3, 0.4) is 0 Å². The summed E-state index contributed by atoms with van der Waals surface area (Å²) in [6.45, 7) is 2.52. The fraction of sp³-hybridized carbons (Fsp3) is 0.458. The topological polar surface area (TPSA) is 113 Å². The molecule has 1 amide bonds. The van der Waals surface area contributed by atoms with Gasteiger partial charge < -0.3 is 10.2 Å². The summed E-state index contributed by atoms with van der Waals surface area (Å²) in [6, 6.07) is 14.1. The number of nitro benzene ring substituents is 1. The zero-order valence-electron chi connectivity index (χ0n) is 19.8. The van der Waals surface area contributed by atoms with E-state index in [1.54, 1.807) is 6.92 Å². The number of benzene rings is 2. The molecule has 0 bridgehead atoms. The van der Waals surface area contributed by atoms with Crippen LogP contribution in [0.2, 0.25) is 0 Å². The number of hydrogen-bond donors (Lipinski definition) is 1. The number of likely N-dealkylation sites (N-methyl/N-ethyl adjacent to an activating group) is 1. The van der Waals surface area contributed by atoms with Gasteiger partial charge >= 0.3 is 0 Å². The summed E-state index contributed by atoms with van der Waals surface area (Å²) in [6.07, 6.45) is 1.63. The zero-order valence-corrected chi connectivity index (χ0v) is 20.6. The first-order valence-electron chi connectivity index (χ1n) is 11.3. The quantitative estimate of drug-likeness (QED) is 0.429. The van der Waals surface area contributed by atoms with Gasteiger partial charge in [-0.2, -0.15) is 4.31 Å². The molecule has 1 fully saturated rings. The van der Waals surface area contributed by atoms with Gasteiger partial charge in [0.1, 0.15) is 0 Å². The monoisotopic (exact) mass is 488 g/mol. The highest BCUT2D eigenvalue weighted by atomic mass is 32.2. The molecule has 184 valence electrons. The molecule has 1 aliphatic heterocycles. The van der Waals surface area contributed by atoms with Gasteiger partial charge in [0, 0.05) is 43.7 Å². The van der Waals surface area contributed by atoms with E-state index in [1.807, 2.05) is 32.3 Å². The molecule has 0 aliphatic carbocycles. The van der Waals surface area contributed by atoms with Gasteiger partial charge in [-0.1, -0.05) is 36.4 Å². The first-order chi connectivity index (χ1) is 16.1. The number of nitro groups is 1. The lowest BCUT2D eigenvalue weighted by molar-refractivity contribution is -0.385. The number of carbonyl (C=O) groups excluding carboxylic acids is 1. The first-order valence-corrected chi connectivity index (χ1v) is 12.8. The molecule has 2 aromatic carbocycles. The van der Waals surface area contributed by atoms with Crippen LogP contribution in [0, 0.1) is 23.0 Å². The number of piperidine rings is 1. The highest BCUT2D eigenvalue weighted by Crippen LogP contribution is 2.28. The second kappa shape index (κ2) is 11.1. The third-order valence-corrected chi connectivity index (χ3v) is 8.42. The minimum atomic E-state index is -3.88. The fourth-order valence-corrected chi connectivity index (χ4v) is 5.88. The Morgan fingerprint density at radius 1 is 1.18 bits per heavy atom. The fourth-order valence-electron chi connectivity index (χ4n) is 4.16. The van der Waals surface area contributed by atoms with Gasteiger partial charge in [-0.3, -0.25) is 14.9 Å². The minimum absolute atomic E-state index is 0.0562. The van der Waals surface area contributed by atoms with Crippen molar-refractivity contribution in [2.45, 2.75) is 37.1 Å². The molecule has 0 saturated carbocycles. The summed E-state index contributed by atoms with van der Waals surface area (Å²) >= 11 is 0. The van der Waals surface area contributed by atoms with E-state index in [2.05, 4.69) is 22.3 Å². The molecule has 1 heterocycles. The van der Waals surface area contributed by atoms with E-state index in [1.165, 1.54) is 22.0 Å². The molecule has 3 rings (SSSR count). The Labute approximate surface area is 201 Å². The van der Waals surface area contributed by atoms with Gasteiger partial charge in [-0.15, -0.1) is 0 Å². The van der Waals surface area contributed by atoms with E-state index in [-0.39, 0.29) is 41.5 Å². The minimum Gasteiger partial charge on any atom is -0.354 e. The molecule has 10 heteroatoms. The van der Waals surface area contributed by atoms with Gasteiger partial charge in [0.25, 0.3) is 5.69 Å². The highest BCUT2D eigenvalue weighted by molar-refractivity contribution is 7.89. The van der Waals surface area contributed by atoms with Crippen molar-refractivity contribution in [3.63, 3.8) is 0 Å². The van der Waals surface area contributed by atoms with Crippen LogP contribution in [0.15, 0.2) is 53.4 Å². The molecule has 1 aliphatic rings. The summed E-state index contributed by atoms with van der Waals surface area (Å²) in [5, 5.41) is 14.1. The Kier molecular flexibility index (Phi) is 8.40. The lowest BCUT2D eigenvalue weighted by Gasteiger charge is -2.31. The Hall–Kier alpha value is -2.82. The van der Waals surface area contributed by atoms with E-state index >= 15 is 0 Å². The van der Waals surface area contributed by atoms with Crippen molar-refractivity contribution in [2.24, 2.45) is 5.92 Å². The number of carbonyl (C=O) groups is 1. The van der Waals surface area contributed by atoms with Crippen molar-refractivity contribution in [1.82, 2.24) is 14.5 Å². The third kappa shape index (κ3) is 6.19. The molecule has 0 aromatic heterocycles. The van der Waals surface area contributed by atoms with Crippen LogP contribution in [0.5, 0.6) is 0 Å². The molecular formula is C24H32N4O5S. The average Bonchev–Trinajstić information content (AvgIpc) is 2.82. The second-order valence-electron chi connectivity index (χ2n) is 8.94. The van der Waals surface area contributed by atoms with Gasteiger partial charge in [-0.25, -0.2) is 8.42 Å². The maximum Gasteiger partial charge on any atom is 0.270 e. The van der Waals surface area contributed by atoms with Crippen molar-refractivity contribution in [3.05, 3.63) is 69.8 Å². The SMILES string of the molecule is Cc1ccc([N+](=O)[O-])cc1S(=O)(=O)N1CCC(C(=O)NCC(Cc2ccccc2)N(C)C)CC1. The smallest absolute Gasteiger partial charge is 0.270 e. The summed E-state index contributed by atoms with van der Waals surface area (Å²) in [5.74, 6) is -0.333. The maximum atomic E-state index is 13.1. The van der Waals surface area contributed by atoms with Crippen molar-refractivity contribution in [3.8, 4) is 0 Å². The van der Waals surface area contributed by atoms with Crippen LogP contribution >= 0.6 is 0 Å². The highest BCUT2D eigenvalue weighted by Gasteiger charge is 2.33. The lowest BCUT2D eigenvalue weighted by Crippen LogP contribution is -2.46. The number of nitrogens with zero attached hydrogens (tertiary/aromatic N) is 3. The van der Waals surface area contributed by atoms with Crippen LogP contribution in [-0.2, 0) is 21.2 Å². The molecule has 1 N–H and O–H groups in total. The molecule has 1 unspecified atom stereocenters. The first kappa shape index (κ1) is 25.8. The van der Waals surface area contributed by atoms with Crippen LogP contribution in [0.25, 0.3) is 0 Å². The molecular weight excluding hydrogens is 456 g/mol. The van der Waals surface area contributed by atoms with Gasteiger partial charge in [0.15, 0.2) is 0 Å². The predicted octanol–water partition coefficient (Wildman–Crippen LogP) is 2.59. The van der Waals surface area contributed by atoms with Crippen molar-refractivity contribution in [2.75, 3.05) is 33.7 Å². The van der Waals surface area contributed by atoms with Gasteiger partial charge in [-0.05, 0) is 51.4 Å². The van der Waals surface area contributed by atoms with Gasteiger partial charge in [0.2, 0.25) is 15.9 Å². The van der Waals surface area contributed by atoms with Gasteiger partial charge in [0.05, 0.1) is 9.82 Å². The van der Waals surface area contributed by atoms with E-state index < -0.39 is 14.9 Å². The molecule has 1 saturated heterocycles.